The molecule has 5 amide bonds. The fraction of sp³-hybridized carbons (Fsp3) is 0.647. The third kappa shape index (κ3) is 9.86. The molecule has 0 rings (SSSR count). The first-order chi connectivity index (χ1) is 14.2. The average molecular weight is 446 g/mol. The predicted molar refractivity (Wildman–Crippen MR) is 106 cm³/mol. The second kappa shape index (κ2) is 12.4. The molecule has 0 aliphatic heterocycles. The van der Waals surface area contributed by atoms with Crippen molar-refractivity contribution in [3.8, 4) is 0 Å². The van der Waals surface area contributed by atoms with E-state index in [1.165, 1.54) is 0 Å². The lowest BCUT2D eigenvalue weighted by Gasteiger charge is -2.26. The Labute approximate surface area is 178 Å². The molecule has 5 atom stereocenters. The van der Waals surface area contributed by atoms with E-state index in [0.717, 1.165) is 6.92 Å². The molecule has 0 bridgehead atoms. The molecule has 14 heteroatoms. The van der Waals surface area contributed by atoms with E-state index in [2.05, 4.69) is 10.6 Å². The van der Waals surface area contributed by atoms with Gasteiger partial charge in [0.2, 0.25) is 29.5 Å². The SMILES string of the molecule is CC(C)C(NC(=O)C(N)CC(N)=O)C(=O)NC(CC(N)=O)C(=O)NC(C(=O)O)C(C)O. The zero-order valence-electron chi connectivity index (χ0n) is 17.5. The van der Waals surface area contributed by atoms with Crippen LogP contribution < -0.4 is 33.2 Å². The molecule has 0 saturated carbocycles. The lowest BCUT2D eigenvalue weighted by Crippen LogP contribution is -2.60. The Morgan fingerprint density at radius 3 is 1.65 bits per heavy atom. The van der Waals surface area contributed by atoms with Crippen LogP contribution in [0.4, 0.5) is 0 Å². The van der Waals surface area contributed by atoms with E-state index >= 15 is 0 Å². The van der Waals surface area contributed by atoms with Crippen molar-refractivity contribution in [1.29, 1.82) is 0 Å². The number of nitrogens with two attached hydrogens (primary N) is 3. The summed E-state index contributed by atoms with van der Waals surface area (Å²) in [4.78, 5) is 70.6. The Balaban J connectivity index is 5.46. The number of primary amides is 2. The Bertz CT molecular complexity index is 711. The van der Waals surface area contributed by atoms with Gasteiger partial charge in [0.05, 0.1) is 25.0 Å². The molecular weight excluding hydrogens is 416 g/mol. The normalized spacial score (nSPS) is 15.7. The molecule has 0 aliphatic rings. The molecule has 31 heavy (non-hydrogen) atoms. The highest BCUT2D eigenvalue weighted by Crippen LogP contribution is 2.05. The van der Waals surface area contributed by atoms with Gasteiger partial charge in [-0.2, -0.15) is 0 Å². The summed E-state index contributed by atoms with van der Waals surface area (Å²) in [6, 6.07) is -5.81. The van der Waals surface area contributed by atoms with Crippen molar-refractivity contribution in [1.82, 2.24) is 16.0 Å². The molecule has 0 aromatic rings. The van der Waals surface area contributed by atoms with Crippen LogP contribution >= 0.6 is 0 Å². The number of carboxylic acids is 1. The summed E-state index contributed by atoms with van der Waals surface area (Å²) >= 11 is 0. The van der Waals surface area contributed by atoms with Crippen LogP contribution in [-0.2, 0) is 28.8 Å². The van der Waals surface area contributed by atoms with Gasteiger partial charge < -0.3 is 43.4 Å². The lowest BCUT2D eigenvalue weighted by atomic mass is 10.0. The highest BCUT2D eigenvalue weighted by molar-refractivity contribution is 5.96. The average Bonchev–Trinajstić information content (AvgIpc) is 2.60. The maximum absolute atomic E-state index is 12.7. The van der Waals surface area contributed by atoms with Crippen molar-refractivity contribution in [2.24, 2.45) is 23.1 Å². The first-order valence-electron chi connectivity index (χ1n) is 9.31. The summed E-state index contributed by atoms with van der Waals surface area (Å²) in [7, 11) is 0. The van der Waals surface area contributed by atoms with Crippen molar-refractivity contribution in [2.45, 2.75) is 63.9 Å². The zero-order chi connectivity index (χ0) is 24.5. The van der Waals surface area contributed by atoms with E-state index < -0.39 is 84.5 Å². The summed E-state index contributed by atoms with van der Waals surface area (Å²) in [6.07, 6.45) is -2.61. The second-order valence-corrected chi connectivity index (χ2v) is 7.30. The van der Waals surface area contributed by atoms with Crippen LogP contribution in [0.25, 0.3) is 0 Å². The molecule has 0 heterocycles. The summed E-state index contributed by atoms with van der Waals surface area (Å²) in [5, 5.41) is 25.1. The van der Waals surface area contributed by atoms with Gasteiger partial charge in [-0.15, -0.1) is 0 Å². The molecule has 0 aromatic heterocycles. The summed E-state index contributed by atoms with van der Waals surface area (Å²) in [6.45, 7) is 4.27. The van der Waals surface area contributed by atoms with Gasteiger partial charge in [0.25, 0.3) is 0 Å². The first kappa shape index (κ1) is 27.7. The van der Waals surface area contributed by atoms with E-state index in [4.69, 9.17) is 22.3 Å². The van der Waals surface area contributed by atoms with Crippen LogP contribution in [0.5, 0.6) is 0 Å². The van der Waals surface area contributed by atoms with E-state index in [9.17, 15) is 33.9 Å². The van der Waals surface area contributed by atoms with E-state index in [0.29, 0.717) is 0 Å². The molecule has 0 radical (unpaired) electrons. The van der Waals surface area contributed by atoms with Gasteiger partial charge in [0.1, 0.15) is 12.1 Å². The Morgan fingerprint density at radius 2 is 1.26 bits per heavy atom. The number of carbonyl (C=O) groups excluding carboxylic acids is 5. The zero-order valence-corrected chi connectivity index (χ0v) is 17.5. The monoisotopic (exact) mass is 446 g/mol. The number of nitrogens with one attached hydrogen (secondary N) is 3. The highest BCUT2D eigenvalue weighted by Gasteiger charge is 2.33. The largest absolute Gasteiger partial charge is 0.480 e. The molecule has 0 spiro atoms. The molecule has 0 saturated heterocycles. The smallest absolute Gasteiger partial charge is 0.328 e. The first-order valence-corrected chi connectivity index (χ1v) is 9.31. The fourth-order valence-corrected chi connectivity index (χ4v) is 2.42. The van der Waals surface area contributed by atoms with Crippen molar-refractivity contribution in [3.63, 3.8) is 0 Å². The Hall–Kier alpha value is -3.26. The van der Waals surface area contributed by atoms with Crippen LogP contribution in [0, 0.1) is 5.92 Å². The molecule has 11 N–H and O–H groups in total. The minimum absolute atomic E-state index is 0.457. The Kier molecular flexibility index (Phi) is 11.1. The summed E-state index contributed by atoms with van der Waals surface area (Å²) in [5.74, 6) is -6.66. The number of aliphatic hydroxyl groups is 1. The van der Waals surface area contributed by atoms with Crippen LogP contribution in [-0.4, -0.2) is 76.0 Å². The molecule has 0 aliphatic carbocycles. The van der Waals surface area contributed by atoms with Gasteiger partial charge in [0, 0.05) is 0 Å². The molecule has 14 nitrogen and oxygen atoms in total. The quantitative estimate of drug-likeness (QED) is 0.136. The molecule has 0 aromatic carbocycles. The predicted octanol–water partition coefficient (Wildman–Crippen LogP) is -4.36. The third-order valence-electron chi connectivity index (χ3n) is 4.09. The fourth-order valence-electron chi connectivity index (χ4n) is 2.42. The molecule has 0 fully saturated rings. The minimum Gasteiger partial charge on any atom is -0.480 e. The van der Waals surface area contributed by atoms with Gasteiger partial charge in [0.15, 0.2) is 6.04 Å². The maximum Gasteiger partial charge on any atom is 0.328 e. The highest BCUT2D eigenvalue weighted by atomic mass is 16.4. The van der Waals surface area contributed by atoms with Crippen LogP contribution in [0.3, 0.4) is 0 Å². The molecular formula is C17H30N6O8. The van der Waals surface area contributed by atoms with Crippen LogP contribution in [0.1, 0.15) is 33.6 Å². The van der Waals surface area contributed by atoms with Crippen LogP contribution in [0.2, 0.25) is 0 Å². The molecule has 5 unspecified atom stereocenters. The molecule has 176 valence electrons. The number of carboxylic acid groups (broad SMARTS) is 1. The van der Waals surface area contributed by atoms with Gasteiger partial charge in [-0.05, 0) is 12.8 Å². The third-order valence-corrected chi connectivity index (χ3v) is 4.09. The standard InChI is InChI=1S/C17H30N6O8/c1-6(2)12(22-14(27)8(18)4-10(19)25)16(29)21-9(5-11(20)26)15(28)23-13(7(3)24)17(30)31/h6-9,12-13,24H,4-5,18H2,1-3H3,(H2,19,25)(H2,20,26)(H,21,29)(H,22,27)(H,23,28)(H,30,31). The van der Waals surface area contributed by atoms with Crippen molar-refractivity contribution in [3.05, 3.63) is 0 Å². The summed E-state index contributed by atoms with van der Waals surface area (Å²) in [5.41, 5.74) is 15.6. The minimum atomic E-state index is -1.70. The number of hydrogen-bond acceptors (Lipinski definition) is 8. The number of aliphatic hydroxyl groups excluding tert-OH is 1. The number of hydrogen-bond donors (Lipinski definition) is 8. The lowest BCUT2D eigenvalue weighted by molar-refractivity contribution is -0.145. The van der Waals surface area contributed by atoms with Gasteiger partial charge in [-0.1, -0.05) is 13.8 Å². The summed E-state index contributed by atoms with van der Waals surface area (Å²) < 4.78 is 0. The van der Waals surface area contributed by atoms with Gasteiger partial charge in [-0.25, -0.2) is 4.79 Å². The van der Waals surface area contributed by atoms with E-state index in [1.807, 2.05) is 5.32 Å². The van der Waals surface area contributed by atoms with Crippen molar-refractivity contribution >= 4 is 35.5 Å². The number of carbonyl (C=O) groups is 6. The number of aliphatic carboxylic acids is 1. The van der Waals surface area contributed by atoms with Gasteiger partial charge in [-0.3, -0.25) is 24.0 Å². The van der Waals surface area contributed by atoms with Gasteiger partial charge >= 0.3 is 5.97 Å². The number of rotatable bonds is 13. The number of amides is 5. The van der Waals surface area contributed by atoms with E-state index in [-0.39, 0.29) is 0 Å². The van der Waals surface area contributed by atoms with Crippen molar-refractivity contribution in [2.75, 3.05) is 0 Å². The topological polar surface area (TPSA) is 257 Å². The van der Waals surface area contributed by atoms with E-state index in [1.54, 1.807) is 13.8 Å². The maximum atomic E-state index is 12.7. The second-order valence-electron chi connectivity index (χ2n) is 7.30. The van der Waals surface area contributed by atoms with Crippen molar-refractivity contribution < 1.29 is 39.0 Å². The Morgan fingerprint density at radius 1 is 0.774 bits per heavy atom. The van der Waals surface area contributed by atoms with Crippen LogP contribution in [0.15, 0.2) is 0 Å².